The molecule has 0 bridgehead atoms. The number of nitrogens with two attached hydrogens (primary N) is 1. The third-order valence-corrected chi connectivity index (χ3v) is 4.47. The molecule has 2 heterocycles. The highest BCUT2D eigenvalue weighted by molar-refractivity contribution is 5.68. The minimum absolute atomic E-state index is 0.256. The van der Waals surface area contributed by atoms with Crippen molar-refractivity contribution in [3.05, 3.63) is 59.4 Å². The van der Waals surface area contributed by atoms with Crippen LogP contribution in [0, 0.1) is 6.92 Å². The number of rotatable bonds is 4. The van der Waals surface area contributed by atoms with E-state index in [1.807, 2.05) is 0 Å². The number of aromatic nitrogens is 2. The van der Waals surface area contributed by atoms with Gasteiger partial charge in [0.15, 0.2) is 0 Å². The van der Waals surface area contributed by atoms with E-state index in [0.29, 0.717) is 12.5 Å². The van der Waals surface area contributed by atoms with Crippen molar-refractivity contribution in [1.29, 1.82) is 0 Å². The monoisotopic (exact) mass is 307 g/mol. The molecule has 3 heteroatoms. The number of benzene rings is 1. The normalized spacial score (nSPS) is 13.0. The molecule has 0 saturated carbocycles. The predicted octanol–water partition coefficient (Wildman–Crippen LogP) is 4.50. The highest BCUT2D eigenvalue weighted by atomic mass is 15.0. The molecule has 3 aromatic rings. The summed E-state index contributed by atoms with van der Waals surface area (Å²) in [5, 5.41) is 0. The van der Waals surface area contributed by atoms with E-state index >= 15 is 0 Å². The average molecular weight is 307 g/mol. The molecule has 0 radical (unpaired) electrons. The topological polar surface area (TPSA) is 43.3 Å². The van der Waals surface area contributed by atoms with Crippen molar-refractivity contribution in [1.82, 2.24) is 9.38 Å². The van der Waals surface area contributed by atoms with Crippen LogP contribution < -0.4 is 5.73 Å². The molecule has 1 unspecified atom stereocenters. The van der Waals surface area contributed by atoms with Crippen LogP contribution in [0.3, 0.4) is 0 Å². The van der Waals surface area contributed by atoms with Gasteiger partial charge in [-0.25, -0.2) is 4.98 Å². The quantitative estimate of drug-likeness (QED) is 0.771. The van der Waals surface area contributed by atoms with Gasteiger partial charge >= 0.3 is 0 Å². The molecule has 23 heavy (non-hydrogen) atoms. The van der Waals surface area contributed by atoms with Gasteiger partial charge in [-0.1, -0.05) is 51.1 Å². The van der Waals surface area contributed by atoms with E-state index in [-0.39, 0.29) is 5.92 Å². The summed E-state index contributed by atoms with van der Waals surface area (Å²) in [5.41, 5.74) is 12.9. The molecule has 1 atom stereocenters. The van der Waals surface area contributed by atoms with Crippen molar-refractivity contribution in [2.75, 3.05) is 6.54 Å². The zero-order chi connectivity index (χ0) is 16.6. The molecule has 3 nitrogen and oxygen atoms in total. The Morgan fingerprint density at radius 3 is 2.35 bits per heavy atom. The van der Waals surface area contributed by atoms with Crippen LogP contribution in [0.1, 0.15) is 49.4 Å². The first kappa shape index (κ1) is 15.8. The first-order valence-corrected chi connectivity index (χ1v) is 8.30. The second-order valence-electron chi connectivity index (χ2n) is 6.69. The van der Waals surface area contributed by atoms with Gasteiger partial charge in [0.2, 0.25) is 0 Å². The van der Waals surface area contributed by atoms with E-state index in [0.717, 1.165) is 16.9 Å². The van der Waals surface area contributed by atoms with Crippen LogP contribution in [0.25, 0.3) is 16.9 Å². The summed E-state index contributed by atoms with van der Waals surface area (Å²) in [6.45, 7) is 9.30. The largest absolute Gasteiger partial charge is 0.330 e. The highest BCUT2D eigenvalue weighted by Crippen LogP contribution is 2.31. The van der Waals surface area contributed by atoms with E-state index in [4.69, 9.17) is 10.7 Å². The van der Waals surface area contributed by atoms with Gasteiger partial charge in [0, 0.05) is 24.2 Å². The maximum Gasteiger partial charge on any atom is 0.137 e. The lowest BCUT2D eigenvalue weighted by Gasteiger charge is -2.12. The van der Waals surface area contributed by atoms with E-state index in [2.05, 4.69) is 74.7 Å². The Morgan fingerprint density at radius 2 is 1.74 bits per heavy atom. The minimum Gasteiger partial charge on any atom is -0.330 e. The Labute approximate surface area is 138 Å². The molecule has 0 amide bonds. The molecular formula is C20H25N3. The lowest BCUT2D eigenvalue weighted by atomic mass is 9.98. The second-order valence-corrected chi connectivity index (χ2v) is 6.69. The van der Waals surface area contributed by atoms with Crippen molar-refractivity contribution in [3.8, 4) is 11.3 Å². The molecule has 0 fully saturated rings. The highest BCUT2D eigenvalue weighted by Gasteiger charge is 2.18. The number of hydrogen-bond acceptors (Lipinski definition) is 2. The average Bonchev–Trinajstić information content (AvgIpc) is 2.92. The molecule has 0 spiro atoms. The predicted molar refractivity (Wildman–Crippen MR) is 96.9 cm³/mol. The molecule has 1 aromatic carbocycles. The standard InChI is InChI=1S/C20H25N3/c1-13(2)16-6-8-17(9-7-16)19-20(15(4)11-21)23-12-14(3)5-10-18(23)22-19/h5-10,12-13,15H,11,21H2,1-4H3. The van der Waals surface area contributed by atoms with Crippen LogP contribution in [0.2, 0.25) is 0 Å². The second kappa shape index (κ2) is 6.17. The molecule has 0 saturated heterocycles. The van der Waals surface area contributed by atoms with E-state index in [1.54, 1.807) is 0 Å². The first-order valence-electron chi connectivity index (χ1n) is 8.30. The fourth-order valence-corrected chi connectivity index (χ4v) is 2.99. The van der Waals surface area contributed by atoms with Gasteiger partial charge in [-0.2, -0.15) is 0 Å². The van der Waals surface area contributed by atoms with Crippen LogP contribution >= 0.6 is 0 Å². The number of aryl methyl sites for hydroxylation is 1. The van der Waals surface area contributed by atoms with E-state index in [9.17, 15) is 0 Å². The summed E-state index contributed by atoms with van der Waals surface area (Å²) < 4.78 is 2.19. The molecule has 3 rings (SSSR count). The zero-order valence-electron chi connectivity index (χ0n) is 14.4. The van der Waals surface area contributed by atoms with Gasteiger partial charge < -0.3 is 10.1 Å². The molecule has 2 N–H and O–H groups in total. The summed E-state index contributed by atoms with van der Waals surface area (Å²) >= 11 is 0. The number of imidazole rings is 1. The van der Waals surface area contributed by atoms with Crippen LogP contribution in [-0.4, -0.2) is 15.9 Å². The summed E-state index contributed by atoms with van der Waals surface area (Å²) in [7, 11) is 0. The summed E-state index contributed by atoms with van der Waals surface area (Å²) in [6.07, 6.45) is 2.15. The number of hydrogen-bond donors (Lipinski definition) is 1. The van der Waals surface area contributed by atoms with E-state index in [1.165, 1.54) is 16.8 Å². The number of nitrogens with zero attached hydrogens (tertiary/aromatic N) is 2. The zero-order valence-corrected chi connectivity index (χ0v) is 14.4. The Balaban J connectivity index is 2.19. The Morgan fingerprint density at radius 1 is 1.04 bits per heavy atom. The van der Waals surface area contributed by atoms with Crippen molar-refractivity contribution in [3.63, 3.8) is 0 Å². The van der Waals surface area contributed by atoms with Gasteiger partial charge in [-0.3, -0.25) is 0 Å². The lowest BCUT2D eigenvalue weighted by molar-refractivity contribution is 0.738. The van der Waals surface area contributed by atoms with E-state index < -0.39 is 0 Å². The molecule has 0 aliphatic rings. The fourth-order valence-electron chi connectivity index (χ4n) is 2.99. The van der Waals surface area contributed by atoms with Crippen molar-refractivity contribution < 1.29 is 0 Å². The molecule has 0 aliphatic carbocycles. The maximum absolute atomic E-state index is 5.96. The summed E-state index contributed by atoms with van der Waals surface area (Å²) in [6, 6.07) is 12.9. The Kier molecular flexibility index (Phi) is 4.22. The Bertz CT molecular complexity index is 813. The van der Waals surface area contributed by atoms with Gasteiger partial charge in [-0.15, -0.1) is 0 Å². The van der Waals surface area contributed by atoms with Crippen molar-refractivity contribution in [2.24, 2.45) is 5.73 Å². The van der Waals surface area contributed by atoms with Crippen molar-refractivity contribution in [2.45, 2.75) is 39.5 Å². The summed E-state index contributed by atoms with van der Waals surface area (Å²) in [4.78, 5) is 4.87. The molecule has 0 aliphatic heterocycles. The minimum atomic E-state index is 0.256. The molecular weight excluding hydrogens is 282 g/mol. The van der Waals surface area contributed by atoms with Gasteiger partial charge in [0.25, 0.3) is 0 Å². The maximum atomic E-state index is 5.96. The third-order valence-electron chi connectivity index (χ3n) is 4.47. The van der Waals surface area contributed by atoms with Crippen molar-refractivity contribution >= 4 is 5.65 Å². The molecule has 2 aromatic heterocycles. The van der Waals surface area contributed by atoms with Crippen LogP contribution in [0.4, 0.5) is 0 Å². The first-order chi connectivity index (χ1) is 11.0. The SMILES string of the molecule is Cc1ccc2nc(-c3ccc(C(C)C)cc3)c(C(C)CN)n2c1. The van der Waals surface area contributed by atoms with Gasteiger partial charge in [-0.05, 0) is 30.0 Å². The van der Waals surface area contributed by atoms with Crippen LogP contribution in [0.15, 0.2) is 42.6 Å². The van der Waals surface area contributed by atoms with Crippen LogP contribution in [-0.2, 0) is 0 Å². The molecule has 120 valence electrons. The van der Waals surface area contributed by atoms with Crippen LogP contribution in [0.5, 0.6) is 0 Å². The number of fused-ring (bicyclic) bond motifs is 1. The Hall–Kier alpha value is -2.13. The summed E-state index contributed by atoms with van der Waals surface area (Å²) in [5.74, 6) is 0.793. The fraction of sp³-hybridized carbons (Fsp3) is 0.350. The number of pyridine rings is 1. The smallest absolute Gasteiger partial charge is 0.137 e. The van der Waals surface area contributed by atoms with Gasteiger partial charge in [0.05, 0.1) is 11.4 Å². The lowest BCUT2D eigenvalue weighted by Crippen LogP contribution is -2.12. The third kappa shape index (κ3) is 2.89. The van der Waals surface area contributed by atoms with Gasteiger partial charge in [0.1, 0.15) is 5.65 Å².